The van der Waals surface area contributed by atoms with Crippen LogP contribution in [-0.2, 0) is 0 Å². The first-order valence-electron chi connectivity index (χ1n) is 8.23. The predicted octanol–water partition coefficient (Wildman–Crippen LogP) is 4.69. The van der Waals surface area contributed by atoms with Crippen LogP contribution in [0.15, 0.2) is 51.7 Å². The van der Waals surface area contributed by atoms with E-state index in [0.29, 0.717) is 28.8 Å². The van der Waals surface area contributed by atoms with E-state index in [1.54, 1.807) is 42.5 Å². The van der Waals surface area contributed by atoms with Crippen LogP contribution < -0.4 is 10.3 Å². The molecule has 0 bridgehead atoms. The molecule has 1 heterocycles. The molecular formula is C19H17BrN2O3S. The predicted molar refractivity (Wildman–Crippen MR) is 108 cm³/mol. The van der Waals surface area contributed by atoms with E-state index in [4.69, 9.17) is 17.0 Å². The molecule has 0 saturated heterocycles. The van der Waals surface area contributed by atoms with Crippen LogP contribution in [0.1, 0.15) is 30.1 Å². The summed E-state index contributed by atoms with van der Waals surface area (Å²) in [5.74, 6) is 0.216. The number of aromatic nitrogens is 2. The van der Waals surface area contributed by atoms with Gasteiger partial charge in [0, 0.05) is 10.0 Å². The van der Waals surface area contributed by atoms with Gasteiger partial charge in [-0.3, -0.25) is 9.59 Å². The third-order valence-corrected chi connectivity index (χ3v) is 4.71. The van der Waals surface area contributed by atoms with E-state index < -0.39 is 11.5 Å². The van der Waals surface area contributed by atoms with Gasteiger partial charge in [0.2, 0.25) is 0 Å². The molecule has 0 aliphatic rings. The van der Waals surface area contributed by atoms with Crippen LogP contribution in [0.2, 0.25) is 0 Å². The Morgan fingerprint density at radius 3 is 2.65 bits per heavy atom. The van der Waals surface area contributed by atoms with Crippen molar-refractivity contribution in [1.82, 2.24) is 9.55 Å². The summed E-state index contributed by atoms with van der Waals surface area (Å²) in [6, 6.07) is 11.9. The van der Waals surface area contributed by atoms with Gasteiger partial charge in [0.05, 0.1) is 17.5 Å². The molecule has 0 aliphatic carbocycles. The molecule has 0 fully saturated rings. The van der Waals surface area contributed by atoms with E-state index >= 15 is 0 Å². The summed E-state index contributed by atoms with van der Waals surface area (Å²) in [5, 5.41) is 0.390. The second kappa shape index (κ2) is 7.97. The number of carbonyl (C=O) groups excluding carboxylic acids is 1. The molecule has 134 valence electrons. The number of unbranched alkanes of at least 4 members (excludes halogenated alkanes) is 1. The van der Waals surface area contributed by atoms with Crippen LogP contribution in [0.4, 0.5) is 0 Å². The first-order chi connectivity index (χ1) is 12.5. The quantitative estimate of drug-likeness (QED) is 0.469. The van der Waals surface area contributed by atoms with Gasteiger partial charge in [0.25, 0.3) is 11.5 Å². The number of hydrogen-bond donors (Lipinski definition) is 1. The Kier molecular flexibility index (Phi) is 5.68. The third kappa shape index (κ3) is 3.78. The van der Waals surface area contributed by atoms with Crippen molar-refractivity contribution < 1.29 is 9.53 Å². The molecule has 5 nitrogen and oxygen atoms in total. The van der Waals surface area contributed by atoms with Crippen molar-refractivity contribution >= 4 is 45.0 Å². The minimum atomic E-state index is -0.474. The molecule has 1 N–H and O–H groups in total. The lowest BCUT2D eigenvalue weighted by atomic mass is 10.2. The average Bonchev–Trinajstić information content (AvgIpc) is 2.63. The van der Waals surface area contributed by atoms with Crippen molar-refractivity contribution in [2.24, 2.45) is 0 Å². The molecule has 3 aromatic rings. The van der Waals surface area contributed by atoms with Crippen molar-refractivity contribution in [3.8, 4) is 5.75 Å². The molecule has 26 heavy (non-hydrogen) atoms. The second-order valence-corrected chi connectivity index (χ2v) is 7.09. The smallest absolute Gasteiger partial charge is 0.269 e. The van der Waals surface area contributed by atoms with Crippen molar-refractivity contribution in [3.63, 3.8) is 0 Å². The van der Waals surface area contributed by atoms with Crippen LogP contribution in [0.25, 0.3) is 10.9 Å². The molecule has 0 unspecified atom stereocenters. The Morgan fingerprint density at radius 1 is 1.23 bits per heavy atom. The van der Waals surface area contributed by atoms with Crippen LogP contribution in [0.5, 0.6) is 5.75 Å². The first-order valence-corrected chi connectivity index (χ1v) is 9.43. The van der Waals surface area contributed by atoms with Crippen LogP contribution >= 0.6 is 28.1 Å². The van der Waals surface area contributed by atoms with Gasteiger partial charge in [-0.25, -0.2) is 4.57 Å². The summed E-state index contributed by atoms with van der Waals surface area (Å²) >= 11 is 8.56. The van der Waals surface area contributed by atoms with E-state index in [9.17, 15) is 9.59 Å². The molecule has 0 aliphatic heterocycles. The van der Waals surface area contributed by atoms with Gasteiger partial charge < -0.3 is 9.72 Å². The Bertz CT molecular complexity index is 1070. The van der Waals surface area contributed by atoms with Crippen molar-refractivity contribution in [3.05, 3.63) is 67.6 Å². The Hall–Kier alpha value is -2.25. The average molecular weight is 433 g/mol. The number of rotatable bonds is 5. The molecule has 0 amide bonds. The molecule has 7 heteroatoms. The lowest BCUT2D eigenvalue weighted by molar-refractivity contribution is 0.0953. The zero-order valence-electron chi connectivity index (χ0n) is 14.1. The number of H-pyrrole nitrogens is 1. The Labute approximate surface area is 163 Å². The molecule has 1 aromatic heterocycles. The standard InChI is InChI=1S/C19H17BrN2O3S/c1-2-3-10-25-14-7-4-12(5-8-14)17(23)22-18(24)15-11-13(20)6-9-16(15)21-19(22)26/h4-9,11H,2-3,10H2,1H3,(H,21,26). The van der Waals surface area contributed by atoms with E-state index in [2.05, 4.69) is 27.8 Å². The summed E-state index contributed by atoms with van der Waals surface area (Å²) in [5.41, 5.74) is 0.508. The second-order valence-electron chi connectivity index (χ2n) is 5.79. The van der Waals surface area contributed by atoms with Crippen molar-refractivity contribution in [1.29, 1.82) is 0 Å². The van der Waals surface area contributed by atoms with Gasteiger partial charge in [-0.05, 0) is 61.1 Å². The minimum absolute atomic E-state index is 0.0677. The number of aromatic amines is 1. The summed E-state index contributed by atoms with van der Waals surface area (Å²) in [6.45, 7) is 2.72. The van der Waals surface area contributed by atoms with Crippen LogP contribution in [-0.4, -0.2) is 22.1 Å². The summed E-state index contributed by atoms with van der Waals surface area (Å²) in [4.78, 5) is 28.5. The van der Waals surface area contributed by atoms with Crippen LogP contribution in [0, 0.1) is 4.77 Å². The van der Waals surface area contributed by atoms with Crippen molar-refractivity contribution in [2.75, 3.05) is 6.61 Å². The van der Waals surface area contributed by atoms with Gasteiger partial charge in [-0.2, -0.15) is 0 Å². The van der Waals surface area contributed by atoms with Gasteiger partial charge >= 0.3 is 0 Å². The molecule has 2 aromatic carbocycles. The number of nitrogens with zero attached hydrogens (tertiary/aromatic N) is 1. The maximum atomic E-state index is 12.8. The van der Waals surface area contributed by atoms with Crippen molar-refractivity contribution in [2.45, 2.75) is 19.8 Å². The molecule has 0 spiro atoms. The van der Waals surface area contributed by atoms with Gasteiger partial charge in [0.15, 0.2) is 4.77 Å². The molecule has 0 saturated carbocycles. The number of fused-ring (bicyclic) bond motifs is 1. The summed E-state index contributed by atoms with van der Waals surface area (Å²) < 4.78 is 7.39. The topological polar surface area (TPSA) is 64.1 Å². The summed E-state index contributed by atoms with van der Waals surface area (Å²) in [6.07, 6.45) is 2.02. The highest BCUT2D eigenvalue weighted by atomic mass is 79.9. The van der Waals surface area contributed by atoms with E-state index in [0.717, 1.165) is 21.9 Å². The maximum absolute atomic E-state index is 12.8. The highest BCUT2D eigenvalue weighted by Crippen LogP contribution is 2.17. The largest absolute Gasteiger partial charge is 0.494 e. The lowest BCUT2D eigenvalue weighted by Gasteiger charge is -2.09. The SMILES string of the molecule is CCCCOc1ccc(C(=O)n2c(=S)[nH]c3ccc(Br)cc3c2=O)cc1. The van der Waals surface area contributed by atoms with Crippen LogP contribution in [0.3, 0.4) is 0 Å². The number of benzene rings is 2. The van der Waals surface area contributed by atoms with E-state index in [1.165, 1.54) is 0 Å². The Balaban J connectivity index is 1.97. The monoisotopic (exact) mass is 432 g/mol. The zero-order chi connectivity index (χ0) is 18.7. The molecule has 3 rings (SSSR count). The molecule has 0 radical (unpaired) electrons. The maximum Gasteiger partial charge on any atom is 0.269 e. The van der Waals surface area contributed by atoms with E-state index in [1.807, 2.05) is 0 Å². The fraction of sp³-hybridized carbons (Fsp3) is 0.211. The highest BCUT2D eigenvalue weighted by Gasteiger charge is 2.15. The third-order valence-electron chi connectivity index (χ3n) is 3.93. The number of carbonyl (C=O) groups is 1. The zero-order valence-corrected chi connectivity index (χ0v) is 16.5. The number of nitrogens with one attached hydrogen (secondary N) is 1. The minimum Gasteiger partial charge on any atom is -0.494 e. The summed E-state index contributed by atoms with van der Waals surface area (Å²) in [7, 11) is 0. The normalized spacial score (nSPS) is 10.8. The van der Waals surface area contributed by atoms with Gasteiger partial charge in [-0.1, -0.05) is 29.3 Å². The highest BCUT2D eigenvalue weighted by molar-refractivity contribution is 9.10. The molecule has 0 atom stereocenters. The van der Waals surface area contributed by atoms with Gasteiger partial charge in [-0.15, -0.1) is 0 Å². The fourth-order valence-electron chi connectivity index (χ4n) is 2.53. The van der Waals surface area contributed by atoms with E-state index in [-0.39, 0.29) is 4.77 Å². The Morgan fingerprint density at radius 2 is 1.96 bits per heavy atom. The lowest BCUT2D eigenvalue weighted by Crippen LogP contribution is -2.29. The molecular weight excluding hydrogens is 416 g/mol. The fourth-order valence-corrected chi connectivity index (χ4v) is 3.16. The first kappa shape index (κ1) is 18.5. The van der Waals surface area contributed by atoms with Gasteiger partial charge in [0.1, 0.15) is 5.75 Å². The number of halogens is 1. The number of ether oxygens (including phenoxy) is 1. The number of hydrogen-bond acceptors (Lipinski definition) is 4.